The van der Waals surface area contributed by atoms with E-state index >= 15 is 0 Å². The fraction of sp³-hybridized carbons (Fsp3) is 0.923. The molecule has 1 amide bonds. The van der Waals surface area contributed by atoms with Crippen molar-refractivity contribution < 1.29 is 4.79 Å². The number of nitrogens with one attached hydrogen (secondary N) is 1. The highest BCUT2D eigenvalue weighted by atomic mass is 16.2. The second-order valence-corrected chi connectivity index (χ2v) is 5.88. The molecule has 1 heterocycles. The van der Waals surface area contributed by atoms with Crippen molar-refractivity contribution in [3.63, 3.8) is 0 Å². The Labute approximate surface area is 98.6 Å². The summed E-state index contributed by atoms with van der Waals surface area (Å²) in [5.74, 6) is 1.13. The highest BCUT2D eigenvalue weighted by Crippen LogP contribution is 2.42. The molecule has 16 heavy (non-hydrogen) atoms. The molecule has 92 valence electrons. The molecular weight excluding hydrogens is 200 g/mol. The van der Waals surface area contributed by atoms with Crippen LogP contribution in [0.3, 0.4) is 0 Å². The molecule has 0 aromatic rings. The lowest BCUT2D eigenvalue weighted by molar-refractivity contribution is -0.127. The van der Waals surface area contributed by atoms with E-state index in [4.69, 9.17) is 0 Å². The number of amides is 1. The lowest BCUT2D eigenvalue weighted by Gasteiger charge is -2.30. The first kappa shape index (κ1) is 11.9. The molecule has 0 aromatic heterocycles. The number of likely N-dealkylation sites (tertiary alicyclic amines) is 1. The standard InChI is InChI=1S/C13H24N2O/c1-10(2)13(6-7-13)14-12(16)11-4-8-15(3)9-5-11/h10-11H,4-9H2,1-3H3,(H,14,16). The van der Waals surface area contributed by atoms with Crippen molar-refractivity contribution in [2.45, 2.75) is 45.1 Å². The second kappa shape index (κ2) is 4.36. The Morgan fingerprint density at radius 2 is 1.88 bits per heavy atom. The van der Waals surface area contributed by atoms with Crippen LogP contribution in [0.1, 0.15) is 39.5 Å². The van der Waals surface area contributed by atoms with Gasteiger partial charge in [-0.1, -0.05) is 13.8 Å². The summed E-state index contributed by atoms with van der Waals surface area (Å²) in [5, 5.41) is 3.29. The fourth-order valence-electron chi connectivity index (χ4n) is 2.60. The average molecular weight is 224 g/mol. The monoisotopic (exact) mass is 224 g/mol. The first-order valence-electron chi connectivity index (χ1n) is 6.54. The van der Waals surface area contributed by atoms with Crippen LogP contribution in [0.2, 0.25) is 0 Å². The van der Waals surface area contributed by atoms with E-state index in [0.717, 1.165) is 25.9 Å². The summed E-state index contributed by atoms with van der Waals surface area (Å²) in [7, 11) is 2.13. The van der Waals surface area contributed by atoms with Gasteiger partial charge in [-0.15, -0.1) is 0 Å². The topological polar surface area (TPSA) is 32.3 Å². The third-order valence-electron chi connectivity index (χ3n) is 4.36. The Bertz CT molecular complexity index is 263. The molecule has 3 heteroatoms. The molecule has 1 aliphatic heterocycles. The minimum Gasteiger partial charge on any atom is -0.350 e. The zero-order valence-corrected chi connectivity index (χ0v) is 10.8. The third kappa shape index (κ3) is 2.40. The van der Waals surface area contributed by atoms with Gasteiger partial charge in [0.25, 0.3) is 0 Å². The lowest BCUT2D eigenvalue weighted by Crippen LogP contribution is -2.46. The maximum absolute atomic E-state index is 12.1. The van der Waals surface area contributed by atoms with E-state index in [2.05, 4.69) is 31.1 Å². The molecule has 0 aromatic carbocycles. The van der Waals surface area contributed by atoms with Gasteiger partial charge in [0.05, 0.1) is 0 Å². The van der Waals surface area contributed by atoms with Crippen molar-refractivity contribution in [3.8, 4) is 0 Å². The molecule has 1 saturated heterocycles. The van der Waals surface area contributed by atoms with Crippen LogP contribution in [0.4, 0.5) is 0 Å². The molecule has 1 aliphatic carbocycles. The van der Waals surface area contributed by atoms with Crippen molar-refractivity contribution in [1.82, 2.24) is 10.2 Å². The van der Waals surface area contributed by atoms with E-state index in [1.165, 1.54) is 12.8 Å². The van der Waals surface area contributed by atoms with Gasteiger partial charge in [0.15, 0.2) is 0 Å². The van der Waals surface area contributed by atoms with E-state index in [1.54, 1.807) is 0 Å². The van der Waals surface area contributed by atoms with Crippen molar-refractivity contribution in [2.24, 2.45) is 11.8 Å². The zero-order chi connectivity index (χ0) is 11.8. The van der Waals surface area contributed by atoms with E-state index in [1.807, 2.05) is 0 Å². The normalized spacial score (nSPS) is 25.8. The van der Waals surface area contributed by atoms with E-state index in [9.17, 15) is 4.79 Å². The summed E-state index contributed by atoms with van der Waals surface area (Å²) < 4.78 is 0. The van der Waals surface area contributed by atoms with E-state index in [0.29, 0.717) is 11.8 Å². The number of hydrogen-bond acceptors (Lipinski definition) is 2. The number of hydrogen-bond donors (Lipinski definition) is 1. The molecule has 1 N–H and O–H groups in total. The second-order valence-electron chi connectivity index (χ2n) is 5.88. The Kier molecular flexibility index (Phi) is 3.24. The Hall–Kier alpha value is -0.570. The quantitative estimate of drug-likeness (QED) is 0.790. The number of carbonyl (C=O) groups is 1. The molecule has 2 rings (SSSR count). The van der Waals surface area contributed by atoms with Gasteiger partial charge in [-0.05, 0) is 51.7 Å². The molecule has 3 nitrogen and oxygen atoms in total. The molecule has 0 radical (unpaired) electrons. The van der Waals surface area contributed by atoms with Gasteiger partial charge < -0.3 is 10.2 Å². The van der Waals surface area contributed by atoms with Crippen LogP contribution < -0.4 is 5.32 Å². The summed E-state index contributed by atoms with van der Waals surface area (Å²) in [6.45, 7) is 6.55. The van der Waals surface area contributed by atoms with Gasteiger partial charge in [-0.2, -0.15) is 0 Å². The van der Waals surface area contributed by atoms with Crippen LogP contribution in [-0.4, -0.2) is 36.5 Å². The Balaban J connectivity index is 1.84. The summed E-state index contributed by atoms with van der Waals surface area (Å²) in [4.78, 5) is 14.4. The SMILES string of the molecule is CC(C)C1(NC(=O)C2CCN(C)CC2)CC1. The number of carbonyl (C=O) groups excluding carboxylic acids is 1. The highest BCUT2D eigenvalue weighted by Gasteiger charge is 2.47. The minimum absolute atomic E-state index is 0.153. The summed E-state index contributed by atoms with van der Waals surface area (Å²) >= 11 is 0. The van der Waals surface area contributed by atoms with Crippen LogP contribution in [0.5, 0.6) is 0 Å². The minimum atomic E-state index is 0.153. The maximum atomic E-state index is 12.1. The van der Waals surface area contributed by atoms with Crippen molar-refractivity contribution in [1.29, 1.82) is 0 Å². The maximum Gasteiger partial charge on any atom is 0.223 e. The van der Waals surface area contributed by atoms with E-state index < -0.39 is 0 Å². The Morgan fingerprint density at radius 3 is 2.31 bits per heavy atom. The number of rotatable bonds is 3. The van der Waals surface area contributed by atoms with E-state index in [-0.39, 0.29) is 11.5 Å². The van der Waals surface area contributed by atoms with Crippen molar-refractivity contribution >= 4 is 5.91 Å². The van der Waals surface area contributed by atoms with Gasteiger partial charge in [-0.3, -0.25) is 4.79 Å². The van der Waals surface area contributed by atoms with Crippen molar-refractivity contribution in [2.75, 3.05) is 20.1 Å². The lowest BCUT2D eigenvalue weighted by atomic mass is 9.94. The van der Waals surface area contributed by atoms with Gasteiger partial charge in [0.2, 0.25) is 5.91 Å². The van der Waals surface area contributed by atoms with Crippen LogP contribution >= 0.6 is 0 Å². The van der Waals surface area contributed by atoms with Crippen LogP contribution in [0, 0.1) is 11.8 Å². The third-order valence-corrected chi connectivity index (χ3v) is 4.36. The van der Waals surface area contributed by atoms with Crippen LogP contribution in [-0.2, 0) is 4.79 Å². The molecule has 2 fully saturated rings. The largest absolute Gasteiger partial charge is 0.350 e. The predicted octanol–water partition coefficient (Wildman–Crippen LogP) is 1.63. The number of nitrogens with zero attached hydrogens (tertiary/aromatic N) is 1. The molecular formula is C13H24N2O. The summed E-state index contributed by atoms with van der Waals surface area (Å²) in [6, 6.07) is 0. The van der Waals surface area contributed by atoms with Gasteiger partial charge in [-0.25, -0.2) is 0 Å². The number of piperidine rings is 1. The van der Waals surface area contributed by atoms with Crippen molar-refractivity contribution in [3.05, 3.63) is 0 Å². The molecule has 0 unspecified atom stereocenters. The van der Waals surface area contributed by atoms with Crippen LogP contribution in [0.25, 0.3) is 0 Å². The molecule has 0 spiro atoms. The molecule has 2 aliphatic rings. The molecule has 1 saturated carbocycles. The molecule has 0 bridgehead atoms. The van der Waals surface area contributed by atoms with Crippen LogP contribution in [0.15, 0.2) is 0 Å². The Morgan fingerprint density at radius 1 is 1.31 bits per heavy atom. The first-order valence-corrected chi connectivity index (χ1v) is 6.54. The first-order chi connectivity index (χ1) is 7.53. The van der Waals surface area contributed by atoms with Gasteiger partial charge >= 0.3 is 0 Å². The fourth-order valence-corrected chi connectivity index (χ4v) is 2.60. The summed E-state index contributed by atoms with van der Waals surface area (Å²) in [6.07, 6.45) is 4.39. The smallest absolute Gasteiger partial charge is 0.223 e. The average Bonchev–Trinajstić information content (AvgIpc) is 3.00. The molecule has 0 atom stereocenters. The highest BCUT2D eigenvalue weighted by molar-refractivity contribution is 5.80. The predicted molar refractivity (Wildman–Crippen MR) is 65.2 cm³/mol. The van der Waals surface area contributed by atoms with Gasteiger partial charge in [0, 0.05) is 11.5 Å². The summed E-state index contributed by atoms with van der Waals surface area (Å²) in [5.41, 5.74) is 0.153. The zero-order valence-electron chi connectivity index (χ0n) is 10.8. The van der Waals surface area contributed by atoms with Gasteiger partial charge in [0.1, 0.15) is 0 Å².